The van der Waals surface area contributed by atoms with Crippen molar-refractivity contribution in [3.63, 3.8) is 0 Å². The Labute approximate surface area is 184 Å². The molecule has 0 spiro atoms. The highest BCUT2D eigenvalue weighted by Gasteiger charge is 2.46. The average Bonchev–Trinajstić information content (AvgIpc) is 2.97. The predicted octanol–water partition coefficient (Wildman–Crippen LogP) is 5.51. The number of nitrogens with zero attached hydrogens (tertiary/aromatic N) is 1. The Kier molecular flexibility index (Phi) is 5.74. The molecule has 2 aromatic rings. The number of anilines is 1. The van der Waals surface area contributed by atoms with E-state index in [9.17, 15) is 14.7 Å². The standard InChI is InChI=1S/C26H31NO4/c1-25(2,3)17-11-13-18(14-12-17)27-21(16-9-8-10-19(15-16)31-7)20(22(28)24(27)30)23(29)26(4,5)6/h8-15,21,28H,1-7H3. The van der Waals surface area contributed by atoms with Crippen LogP contribution in [0.4, 0.5) is 5.69 Å². The van der Waals surface area contributed by atoms with Gasteiger partial charge in [-0.2, -0.15) is 0 Å². The number of hydrogen-bond acceptors (Lipinski definition) is 4. The van der Waals surface area contributed by atoms with E-state index in [1.165, 1.54) is 4.90 Å². The van der Waals surface area contributed by atoms with Gasteiger partial charge in [0.25, 0.3) is 5.91 Å². The zero-order valence-corrected chi connectivity index (χ0v) is 19.3. The van der Waals surface area contributed by atoms with Crippen molar-refractivity contribution in [2.45, 2.75) is 53.0 Å². The molecule has 3 rings (SSSR count). The smallest absolute Gasteiger partial charge is 0.294 e. The van der Waals surface area contributed by atoms with Crippen molar-refractivity contribution >= 4 is 17.4 Å². The van der Waals surface area contributed by atoms with Crippen LogP contribution in [0.3, 0.4) is 0 Å². The predicted molar refractivity (Wildman–Crippen MR) is 122 cm³/mol. The van der Waals surface area contributed by atoms with Crippen LogP contribution in [0.25, 0.3) is 0 Å². The van der Waals surface area contributed by atoms with Crippen LogP contribution in [0.1, 0.15) is 58.7 Å². The van der Waals surface area contributed by atoms with E-state index >= 15 is 0 Å². The van der Waals surface area contributed by atoms with Crippen LogP contribution < -0.4 is 9.64 Å². The van der Waals surface area contributed by atoms with Crippen molar-refractivity contribution in [1.29, 1.82) is 0 Å². The molecule has 1 N–H and O–H groups in total. The number of aliphatic hydroxyl groups is 1. The largest absolute Gasteiger partial charge is 0.503 e. The molecule has 0 bridgehead atoms. The summed E-state index contributed by atoms with van der Waals surface area (Å²) in [4.78, 5) is 28.0. The number of carbonyl (C=O) groups excluding carboxylic acids is 2. The number of benzene rings is 2. The Bertz CT molecular complexity index is 1040. The van der Waals surface area contributed by atoms with Crippen LogP contribution in [0, 0.1) is 5.41 Å². The van der Waals surface area contributed by atoms with E-state index in [-0.39, 0.29) is 16.8 Å². The fourth-order valence-corrected chi connectivity index (χ4v) is 3.76. The van der Waals surface area contributed by atoms with Crippen molar-refractivity contribution in [3.05, 3.63) is 71.0 Å². The summed E-state index contributed by atoms with van der Waals surface area (Å²) < 4.78 is 5.36. The van der Waals surface area contributed by atoms with E-state index in [2.05, 4.69) is 20.8 Å². The second kappa shape index (κ2) is 7.88. The summed E-state index contributed by atoms with van der Waals surface area (Å²) in [6.45, 7) is 11.7. The van der Waals surface area contributed by atoms with Gasteiger partial charge in [0.2, 0.25) is 0 Å². The zero-order valence-electron chi connectivity index (χ0n) is 19.3. The molecular formula is C26H31NO4. The lowest BCUT2D eigenvalue weighted by Crippen LogP contribution is -2.32. The van der Waals surface area contributed by atoms with Gasteiger partial charge in [0, 0.05) is 11.1 Å². The number of hydrogen-bond donors (Lipinski definition) is 1. The number of aliphatic hydroxyl groups excluding tert-OH is 1. The van der Waals surface area contributed by atoms with E-state index < -0.39 is 23.1 Å². The Hall–Kier alpha value is -3.08. The summed E-state index contributed by atoms with van der Waals surface area (Å²) in [5.74, 6) is -0.724. The van der Waals surface area contributed by atoms with Crippen LogP contribution >= 0.6 is 0 Å². The van der Waals surface area contributed by atoms with E-state index in [4.69, 9.17) is 4.74 Å². The Morgan fingerprint density at radius 1 is 1.00 bits per heavy atom. The molecule has 164 valence electrons. The van der Waals surface area contributed by atoms with Gasteiger partial charge in [0.05, 0.1) is 18.7 Å². The number of methoxy groups -OCH3 is 1. The van der Waals surface area contributed by atoms with Crippen LogP contribution in [0.5, 0.6) is 5.75 Å². The SMILES string of the molecule is COc1cccc(C2C(C(=O)C(C)(C)C)=C(O)C(=O)N2c2ccc(C(C)(C)C)cc2)c1. The molecule has 31 heavy (non-hydrogen) atoms. The van der Waals surface area contributed by atoms with E-state index in [1.54, 1.807) is 40.0 Å². The summed E-state index contributed by atoms with van der Waals surface area (Å²) in [7, 11) is 1.57. The van der Waals surface area contributed by atoms with E-state index in [1.807, 2.05) is 36.4 Å². The number of rotatable bonds is 4. The summed E-state index contributed by atoms with van der Waals surface area (Å²) >= 11 is 0. The maximum atomic E-state index is 13.3. The molecule has 1 unspecified atom stereocenters. The second-order valence-electron chi connectivity index (χ2n) is 9.99. The molecule has 0 saturated carbocycles. The minimum absolute atomic E-state index is 0.0342. The third-order valence-electron chi connectivity index (χ3n) is 5.55. The molecule has 1 aliphatic heterocycles. The lowest BCUT2D eigenvalue weighted by atomic mass is 9.82. The Morgan fingerprint density at radius 2 is 1.61 bits per heavy atom. The number of ketones is 1. The monoisotopic (exact) mass is 421 g/mol. The first-order valence-corrected chi connectivity index (χ1v) is 10.4. The molecule has 0 aromatic heterocycles. The van der Waals surface area contributed by atoms with Gasteiger partial charge in [-0.25, -0.2) is 0 Å². The zero-order chi connectivity index (χ0) is 23.1. The number of carbonyl (C=O) groups is 2. The molecule has 5 heteroatoms. The van der Waals surface area contributed by atoms with Gasteiger partial charge in [-0.3, -0.25) is 14.5 Å². The summed E-state index contributed by atoms with van der Waals surface area (Å²) in [6.07, 6.45) is 0. The molecule has 2 aromatic carbocycles. The Balaban J connectivity index is 2.18. The molecular weight excluding hydrogens is 390 g/mol. The first kappa shape index (κ1) is 22.6. The summed E-state index contributed by atoms with van der Waals surface area (Å²) in [5, 5.41) is 10.8. The van der Waals surface area contributed by atoms with Crippen molar-refractivity contribution in [3.8, 4) is 5.75 Å². The third kappa shape index (κ3) is 4.22. The fraction of sp³-hybridized carbons (Fsp3) is 0.385. The molecule has 5 nitrogen and oxygen atoms in total. The molecule has 0 aliphatic carbocycles. The van der Waals surface area contributed by atoms with Crippen molar-refractivity contribution in [1.82, 2.24) is 0 Å². The topological polar surface area (TPSA) is 66.8 Å². The third-order valence-corrected chi connectivity index (χ3v) is 5.55. The van der Waals surface area contributed by atoms with Gasteiger partial charge in [-0.05, 0) is 40.8 Å². The normalized spacial score (nSPS) is 17.3. The van der Waals surface area contributed by atoms with Gasteiger partial charge in [0.15, 0.2) is 11.5 Å². The molecule has 0 fully saturated rings. The number of amides is 1. The number of Topliss-reactive ketones (excluding diaryl/α,β-unsaturated/α-hetero) is 1. The molecule has 1 heterocycles. The fourth-order valence-electron chi connectivity index (χ4n) is 3.76. The molecule has 1 aliphatic rings. The maximum Gasteiger partial charge on any atom is 0.294 e. The molecule has 0 radical (unpaired) electrons. The maximum absolute atomic E-state index is 13.3. The highest BCUT2D eigenvalue weighted by atomic mass is 16.5. The van der Waals surface area contributed by atoms with Crippen LogP contribution in [0.15, 0.2) is 59.9 Å². The minimum atomic E-state index is -0.757. The van der Waals surface area contributed by atoms with Gasteiger partial charge >= 0.3 is 0 Å². The van der Waals surface area contributed by atoms with Crippen LogP contribution in [0.2, 0.25) is 0 Å². The van der Waals surface area contributed by atoms with Crippen LogP contribution in [-0.2, 0) is 15.0 Å². The number of ether oxygens (including phenoxy) is 1. The highest BCUT2D eigenvalue weighted by molar-refractivity contribution is 6.17. The minimum Gasteiger partial charge on any atom is -0.503 e. The summed E-state index contributed by atoms with van der Waals surface area (Å²) in [6, 6.07) is 14.2. The molecule has 0 saturated heterocycles. The lowest BCUT2D eigenvalue weighted by Gasteiger charge is -2.29. The average molecular weight is 422 g/mol. The first-order chi connectivity index (χ1) is 14.4. The van der Waals surface area contributed by atoms with E-state index in [0.717, 1.165) is 5.56 Å². The first-order valence-electron chi connectivity index (χ1n) is 10.4. The van der Waals surface area contributed by atoms with E-state index in [0.29, 0.717) is 17.0 Å². The van der Waals surface area contributed by atoms with Gasteiger partial charge in [-0.15, -0.1) is 0 Å². The molecule has 1 atom stereocenters. The molecule has 1 amide bonds. The van der Waals surface area contributed by atoms with Crippen LogP contribution in [-0.4, -0.2) is 23.9 Å². The van der Waals surface area contributed by atoms with Gasteiger partial charge in [-0.1, -0.05) is 65.8 Å². The van der Waals surface area contributed by atoms with Crippen molar-refractivity contribution in [2.75, 3.05) is 12.0 Å². The van der Waals surface area contributed by atoms with Crippen molar-refractivity contribution < 1.29 is 19.4 Å². The summed E-state index contributed by atoms with van der Waals surface area (Å²) in [5.41, 5.74) is 1.77. The lowest BCUT2D eigenvalue weighted by molar-refractivity contribution is -0.123. The second-order valence-corrected chi connectivity index (χ2v) is 9.99. The quantitative estimate of drug-likeness (QED) is 0.707. The van der Waals surface area contributed by atoms with Gasteiger partial charge in [0.1, 0.15) is 5.75 Å². The van der Waals surface area contributed by atoms with Gasteiger partial charge < -0.3 is 9.84 Å². The Morgan fingerprint density at radius 3 is 2.13 bits per heavy atom. The highest BCUT2D eigenvalue weighted by Crippen LogP contribution is 2.44. The van der Waals surface area contributed by atoms with Crippen molar-refractivity contribution in [2.24, 2.45) is 5.41 Å².